The summed E-state index contributed by atoms with van der Waals surface area (Å²) in [5, 5.41) is 17.7. The Balaban J connectivity index is 2.64. The molecule has 0 fully saturated rings. The van der Waals surface area contributed by atoms with Gasteiger partial charge in [-0.15, -0.1) is 0 Å². The Kier molecular flexibility index (Phi) is 7.90. The molecule has 4 nitrogen and oxygen atoms in total. The summed E-state index contributed by atoms with van der Waals surface area (Å²) in [6.07, 6.45) is 3.62. The van der Waals surface area contributed by atoms with Gasteiger partial charge in [0.05, 0.1) is 0 Å². The summed E-state index contributed by atoms with van der Waals surface area (Å²) in [4.78, 5) is 0. The molecule has 0 radical (unpaired) electrons. The first kappa shape index (κ1) is 17.2. The van der Waals surface area contributed by atoms with E-state index in [1.165, 1.54) is 0 Å². The molecule has 0 amide bonds. The fourth-order valence-electron chi connectivity index (χ4n) is 1.92. The van der Waals surface area contributed by atoms with Gasteiger partial charge in [0.2, 0.25) is 7.37 Å². The van der Waals surface area contributed by atoms with Crippen LogP contribution >= 0.6 is 7.37 Å². The lowest BCUT2D eigenvalue weighted by Gasteiger charge is -2.19. The van der Waals surface area contributed by atoms with Crippen molar-refractivity contribution >= 4 is 7.37 Å². The van der Waals surface area contributed by atoms with Crippen molar-refractivity contribution in [3.63, 3.8) is 0 Å². The Hall–Kier alpha value is -0.830. The van der Waals surface area contributed by atoms with Crippen LogP contribution in [0.4, 0.5) is 0 Å². The highest BCUT2D eigenvalue weighted by molar-refractivity contribution is 7.59. The van der Waals surface area contributed by atoms with Crippen LogP contribution in [0.15, 0.2) is 24.3 Å². The smallest absolute Gasteiger partial charge is 0.247 e. The fraction of sp³-hybridized carbons (Fsp3) is 0.600. The monoisotopic (exact) mass is 300 g/mol. The van der Waals surface area contributed by atoms with Gasteiger partial charge in [-0.2, -0.15) is 0 Å². The minimum absolute atomic E-state index is 0.112. The minimum atomic E-state index is -2.74. The number of rotatable bonds is 10. The molecule has 1 rings (SSSR count). The Morgan fingerprint density at radius 1 is 0.950 bits per heavy atom. The molecule has 5 heteroatoms. The quantitative estimate of drug-likeness (QED) is 0.514. The molecular formula is C15H25O4P. The van der Waals surface area contributed by atoms with E-state index in [4.69, 9.17) is 14.7 Å². The maximum atomic E-state index is 12.8. The molecule has 0 spiro atoms. The van der Waals surface area contributed by atoms with Crippen molar-refractivity contribution < 1.29 is 19.3 Å². The predicted octanol–water partition coefficient (Wildman–Crippen LogP) is 3.20. The Morgan fingerprint density at radius 2 is 1.45 bits per heavy atom. The molecule has 2 N–H and O–H groups in total. The van der Waals surface area contributed by atoms with Crippen LogP contribution in [0.25, 0.3) is 0 Å². The van der Waals surface area contributed by atoms with Gasteiger partial charge in [-0.25, -0.2) is 0 Å². The fourth-order valence-corrected chi connectivity index (χ4v) is 4.25. The molecule has 0 aliphatic carbocycles. The van der Waals surface area contributed by atoms with E-state index in [1.54, 1.807) is 0 Å². The van der Waals surface area contributed by atoms with Crippen molar-refractivity contribution in [1.29, 1.82) is 0 Å². The van der Waals surface area contributed by atoms with Gasteiger partial charge in [-0.05, 0) is 44.7 Å². The second-order valence-corrected chi connectivity index (χ2v) is 7.73. The van der Waals surface area contributed by atoms with Crippen LogP contribution in [-0.4, -0.2) is 35.8 Å². The molecule has 0 saturated heterocycles. The number of unbranched alkanes of at least 4 members (excludes halogenated alkanes) is 2. The van der Waals surface area contributed by atoms with Gasteiger partial charge in [0.1, 0.15) is 5.75 Å². The minimum Gasteiger partial charge on any atom is -0.443 e. The average Bonchev–Trinajstić information content (AvgIpc) is 2.42. The standard InChI is InChI=1S/C15H25O4P/c1-14-6-8-15(9-7-14)19-20(18,12-4-2-10-16)13-5-3-11-17/h6-9,16-17H,2-5,10-13H2,1H3. The zero-order valence-corrected chi connectivity index (χ0v) is 13.0. The molecule has 0 atom stereocenters. The molecule has 0 heterocycles. The summed E-state index contributed by atoms with van der Waals surface area (Å²) in [6.45, 7) is 2.22. The number of hydrogen-bond acceptors (Lipinski definition) is 4. The second-order valence-electron chi connectivity index (χ2n) is 5.03. The van der Waals surface area contributed by atoms with Crippen LogP contribution in [0.3, 0.4) is 0 Å². The first-order valence-corrected chi connectivity index (χ1v) is 9.15. The SMILES string of the molecule is Cc1ccc(OP(=O)(CCCCO)CCCCO)cc1. The number of hydrogen-bond donors (Lipinski definition) is 2. The first-order valence-electron chi connectivity index (χ1n) is 7.16. The van der Waals surface area contributed by atoms with E-state index in [2.05, 4.69) is 0 Å². The van der Waals surface area contributed by atoms with Crippen molar-refractivity contribution in [2.75, 3.05) is 25.5 Å². The van der Waals surface area contributed by atoms with Crippen molar-refractivity contribution in [3.8, 4) is 5.75 Å². The third-order valence-corrected chi connectivity index (χ3v) is 5.65. The summed E-state index contributed by atoms with van der Waals surface area (Å²) in [6, 6.07) is 7.53. The van der Waals surface area contributed by atoms with Gasteiger partial charge in [0.15, 0.2) is 0 Å². The van der Waals surface area contributed by atoms with Crippen molar-refractivity contribution in [1.82, 2.24) is 0 Å². The van der Waals surface area contributed by atoms with Gasteiger partial charge in [0.25, 0.3) is 0 Å². The summed E-state index contributed by atoms with van der Waals surface area (Å²) in [5.74, 6) is 0.631. The van der Waals surface area contributed by atoms with E-state index in [9.17, 15) is 4.57 Å². The lowest BCUT2D eigenvalue weighted by Crippen LogP contribution is -2.04. The zero-order chi connectivity index (χ0) is 14.8. The predicted molar refractivity (Wildman–Crippen MR) is 81.8 cm³/mol. The van der Waals surface area contributed by atoms with Gasteiger partial charge in [-0.3, -0.25) is 4.57 Å². The van der Waals surface area contributed by atoms with E-state index >= 15 is 0 Å². The molecule has 0 aromatic heterocycles. The third kappa shape index (κ3) is 6.56. The first-order chi connectivity index (χ1) is 9.59. The summed E-state index contributed by atoms with van der Waals surface area (Å²) < 4.78 is 18.6. The molecule has 1 aromatic rings. The Morgan fingerprint density at radius 3 is 1.90 bits per heavy atom. The van der Waals surface area contributed by atoms with E-state index in [0.29, 0.717) is 43.8 Å². The molecule has 114 valence electrons. The molecule has 20 heavy (non-hydrogen) atoms. The number of aliphatic hydroxyl groups is 2. The molecule has 0 aliphatic heterocycles. The maximum absolute atomic E-state index is 12.8. The van der Waals surface area contributed by atoms with Crippen molar-refractivity contribution in [2.45, 2.75) is 32.6 Å². The molecule has 0 saturated carbocycles. The normalized spacial score (nSPS) is 11.6. The average molecular weight is 300 g/mol. The van der Waals surface area contributed by atoms with E-state index in [-0.39, 0.29) is 13.2 Å². The number of aliphatic hydroxyl groups excluding tert-OH is 2. The van der Waals surface area contributed by atoms with E-state index < -0.39 is 7.37 Å². The zero-order valence-electron chi connectivity index (χ0n) is 12.1. The highest BCUT2D eigenvalue weighted by Gasteiger charge is 2.23. The lowest BCUT2D eigenvalue weighted by molar-refractivity contribution is 0.286. The number of aryl methyl sites for hydroxylation is 1. The van der Waals surface area contributed by atoms with Crippen LogP contribution in [0.2, 0.25) is 0 Å². The van der Waals surface area contributed by atoms with Gasteiger partial charge in [0, 0.05) is 25.5 Å². The molecule has 1 aromatic carbocycles. The third-order valence-electron chi connectivity index (χ3n) is 3.11. The summed E-state index contributed by atoms with van der Waals surface area (Å²) in [7, 11) is -2.74. The van der Waals surface area contributed by atoms with Crippen molar-refractivity contribution in [3.05, 3.63) is 29.8 Å². The largest absolute Gasteiger partial charge is 0.443 e. The van der Waals surface area contributed by atoms with Crippen LogP contribution in [-0.2, 0) is 4.57 Å². The molecule has 0 aliphatic rings. The lowest BCUT2D eigenvalue weighted by atomic mass is 10.2. The highest BCUT2D eigenvalue weighted by Crippen LogP contribution is 2.48. The topological polar surface area (TPSA) is 66.8 Å². The van der Waals surface area contributed by atoms with Crippen LogP contribution in [0.5, 0.6) is 5.75 Å². The Labute approximate surface area is 121 Å². The summed E-state index contributed by atoms with van der Waals surface area (Å²) in [5.41, 5.74) is 1.13. The molecule has 0 bridgehead atoms. The van der Waals surface area contributed by atoms with Crippen LogP contribution in [0, 0.1) is 6.92 Å². The second kappa shape index (κ2) is 9.17. The van der Waals surface area contributed by atoms with E-state index in [1.807, 2.05) is 31.2 Å². The maximum Gasteiger partial charge on any atom is 0.247 e. The number of benzene rings is 1. The summed E-state index contributed by atoms with van der Waals surface area (Å²) >= 11 is 0. The molecular weight excluding hydrogens is 275 g/mol. The van der Waals surface area contributed by atoms with E-state index in [0.717, 1.165) is 5.56 Å². The van der Waals surface area contributed by atoms with Gasteiger partial charge in [-0.1, -0.05) is 17.7 Å². The molecule has 0 unspecified atom stereocenters. The van der Waals surface area contributed by atoms with Gasteiger partial charge >= 0.3 is 0 Å². The van der Waals surface area contributed by atoms with Crippen LogP contribution in [0.1, 0.15) is 31.2 Å². The highest BCUT2D eigenvalue weighted by atomic mass is 31.2. The van der Waals surface area contributed by atoms with Crippen molar-refractivity contribution in [2.24, 2.45) is 0 Å². The van der Waals surface area contributed by atoms with Gasteiger partial charge < -0.3 is 14.7 Å². The van der Waals surface area contributed by atoms with Crippen LogP contribution < -0.4 is 4.52 Å². The Bertz CT molecular complexity index is 402.